The summed E-state index contributed by atoms with van der Waals surface area (Å²) in [5, 5.41) is 0. The predicted octanol–water partition coefficient (Wildman–Crippen LogP) is 1.39. The van der Waals surface area contributed by atoms with Gasteiger partial charge in [-0.1, -0.05) is 0 Å². The van der Waals surface area contributed by atoms with Crippen molar-refractivity contribution in [2.75, 3.05) is 0 Å². The summed E-state index contributed by atoms with van der Waals surface area (Å²) in [7, 11) is 0. The van der Waals surface area contributed by atoms with Crippen LogP contribution >= 0.6 is 0 Å². The summed E-state index contributed by atoms with van der Waals surface area (Å²) >= 11 is 0. The van der Waals surface area contributed by atoms with Crippen molar-refractivity contribution in [1.29, 1.82) is 0 Å². The zero-order valence-electron chi connectivity index (χ0n) is 4.59. The van der Waals surface area contributed by atoms with Crippen molar-refractivity contribution in [2.45, 2.75) is 0 Å². The summed E-state index contributed by atoms with van der Waals surface area (Å²) in [6, 6.07) is 1.35. The van der Waals surface area contributed by atoms with E-state index in [1.165, 1.54) is 6.07 Å². The molecule has 0 saturated heterocycles. The van der Waals surface area contributed by atoms with E-state index in [2.05, 4.69) is 0 Å². The Kier molecular flexibility index (Phi) is 3.63. The van der Waals surface area contributed by atoms with Crippen LogP contribution in [0.3, 0.4) is 0 Å². The van der Waals surface area contributed by atoms with Crippen molar-refractivity contribution in [1.82, 2.24) is 0 Å². The van der Waals surface area contributed by atoms with Crippen LogP contribution in [-0.4, -0.2) is 18.9 Å². The summed E-state index contributed by atoms with van der Waals surface area (Å²) in [4.78, 5) is 0. The van der Waals surface area contributed by atoms with Crippen molar-refractivity contribution >= 4 is 18.9 Å². The maximum absolute atomic E-state index is 11.9. The molecule has 0 aliphatic heterocycles. The molecule has 5 heteroatoms. The van der Waals surface area contributed by atoms with Gasteiger partial charge in [-0.25, -0.2) is 17.6 Å². The molecule has 0 heterocycles. The first-order valence-corrected chi connectivity index (χ1v) is 2.33. The number of hydrogen-bond donors (Lipinski definition) is 0. The quantitative estimate of drug-likeness (QED) is 0.303. The van der Waals surface area contributed by atoms with Gasteiger partial charge < -0.3 is 0 Å². The van der Waals surface area contributed by atoms with E-state index in [4.69, 9.17) is 0 Å². The molecule has 0 bridgehead atoms. The fraction of sp³-hybridized carbons (Fsp3) is 0. The Morgan fingerprint density at radius 3 is 1.55 bits per heavy atom. The molecule has 1 rings (SSSR count). The van der Waals surface area contributed by atoms with Crippen molar-refractivity contribution in [3.05, 3.63) is 35.4 Å². The minimum atomic E-state index is -1.51. The molecule has 0 aliphatic rings. The summed E-state index contributed by atoms with van der Waals surface area (Å²) in [5.41, 5.74) is 0. The molecule has 0 spiro atoms. The molecule has 0 amide bonds. The van der Waals surface area contributed by atoms with Crippen LogP contribution in [0, 0.1) is 29.3 Å². The molecular formula is C6H2F4Li. The van der Waals surface area contributed by atoms with Crippen molar-refractivity contribution in [3.63, 3.8) is 0 Å². The molecule has 0 N–H and O–H groups in total. The van der Waals surface area contributed by atoms with E-state index < -0.39 is 23.3 Å². The van der Waals surface area contributed by atoms with Crippen LogP contribution in [0.1, 0.15) is 0 Å². The molecule has 11 heavy (non-hydrogen) atoms. The molecule has 0 nitrogen and oxygen atoms in total. The van der Waals surface area contributed by atoms with Gasteiger partial charge in [-0.15, -0.1) is 0 Å². The molecule has 0 aromatic heterocycles. The van der Waals surface area contributed by atoms with E-state index in [9.17, 15) is 17.6 Å². The average Bonchev–Trinajstić information content (AvgIpc) is 1.84. The molecule has 1 aromatic carbocycles. The Hall–Kier alpha value is -0.463. The van der Waals surface area contributed by atoms with Gasteiger partial charge in [0.25, 0.3) is 0 Å². The van der Waals surface area contributed by atoms with Crippen LogP contribution in [0.2, 0.25) is 0 Å². The van der Waals surface area contributed by atoms with Crippen LogP contribution in [0.25, 0.3) is 0 Å². The molecule has 1 radical (unpaired) electrons. The molecule has 55 valence electrons. The van der Waals surface area contributed by atoms with Gasteiger partial charge in [0.2, 0.25) is 0 Å². The number of rotatable bonds is 0. The van der Waals surface area contributed by atoms with Gasteiger partial charge in [0.05, 0.1) is 6.07 Å². The van der Waals surface area contributed by atoms with Gasteiger partial charge in [0.1, 0.15) is 0 Å². The SMILES string of the molecule is Fc1[c]c(F)c(F)cc1F.[LiH]. The molecule has 0 atom stereocenters. The van der Waals surface area contributed by atoms with Crippen LogP contribution in [0.5, 0.6) is 0 Å². The molecule has 0 saturated carbocycles. The number of benzene rings is 1. The minimum absolute atomic E-state index is 0. The first-order chi connectivity index (χ1) is 4.61. The second kappa shape index (κ2) is 3.79. The maximum atomic E-state index is 11.9. The van der Waals surface area contributed by atoms with Crippen LogP contribution in [0.4, 0.5) is 17.6 Å². The van der Waals surface area contributed by atoms with E-state index in [1.807, 2.05) is 0 Å². The zero-order valence-corrected chi connectivity index (χ0v) is 4.59. The van der Waals surface area contributed by atoms with Crippen LogP contribution in [0.15, 0.2) is 6.07 Å². The van der Waals surface area contributed by atoms with Gasteiger partial charge in [-0.3, -0.25) is 0 Å². The Labute approximate surface area is 72.4 Å². The van der Waals surface area contributed by atoms with Crippen molar-refractivity contribution < 1.29 is 17.6 Å². The average molecular weight is 157 g/mol. The van der Waals surface area contributed by atoms with Gasteiger partial charge in [-0.2, -0.15) is 0 Å². The molecule has 0 unspecified atom stereocenters. The Bertz CT molecular complexity index is 211. The van der Waals surface area contributed by atoms with Gasteiger partial charge in [-0.05, 0) is 0 Å². The second-order valence-corrected chi connectivity index (χ2v) is 1.59. The number of halogens is 4. The van der Waals surface area contributed by atoms with Crippen molar-refractivity contribution in [2.24, 2.45) is 0 Å². The molecule has 0 aliphatic carbocycles. The van der Waals surface area contributed by atoms with E-state index in [0.717, 1.165) is 0 Å². The number of hydrogen-bond acceptors (Lipinski definition) is 0. The Balaban J connectivity index is 0.000001000. The second-order valence-electron chi connectivity index (χ2n) is 1.59. The van der Waals surface area contributed by atoms with Gasteiger partial charge in [0, 0.05) is 6.07 Å². The Morgan fingerprint density at radius 1 is 0.909 bits per heavy atom. The fourth-order valence-electron chi connectivity index (χ4n) is 0.454. The van der Waals surface area contributed by atoms with Crippen molar-refractivity contribution in [3.8, 4) is 0 Å². The van der Waals surface area contributed by atoms with E-state index in [-0.39, 0.29) is 24.9 Å². The monoisotopic (exact) mass is 157 g/mol. The Morgan fingerprint density at radius 2 is 1.27 bits per heavy atom. The molecule has 0 fully saturated rings. The van der Waals surface area contributed by atoms with E-state index in [1.54, 1.807) is 0 Å². The van der Waals surface area contributed by atoms with Crippen LogP contribution < -0.4 is 0 Å². The standard InChI is InChI=1S/C6HF4.Li.H/c7-3-1-4(8)6(10)2-5(3)9;;/h1H;;. The van der Waals surface area contributed by atoms with Crippen LogP contribution in [-0.2, 0) is 0 Å². The van der Waals surface area contributed by atoms with E-state index >= 15 is 0 Å². The summed E-state index contributed by atoms with van der Waals surface area (Å²) in [6.45, 7) is 0. The predicted molar refractivity (Wildman–Crippen MR) is 32.3 cm³/mol. The topological polar surface area (TPSA) is 0 Å². The molecule has 1 aromatic rings. The first-order valence-electron chi connectivity index (χ1n) is 2.33. The van der Waals surface area contributed by atoms with Gasteiger partial charge in [0.15, 0.2) is 23.3 Å². The fourth-order valence-corrected chi connectivity index (χ4v) is 0.454. The van der Waals surface area contributed by atoms with E-state index in [0.29, 0.717) is 0 Å². The first kappa shape index (κ1) is 10.5. The summed E-state index contributed by atoms with van der Waals surface area (Å²) in [5.74, 6) is -5.92. The zero-order chi connectivity index (χ0) is 7.72. The normalized spacial score (nSPS) is 9.09. The summed E-state index contributed by atoms with van der Waals surface area (Å²) < 4.78 is 47.7. The summed E-state index contributed by atoms with van der Waals surface area (Å²) in [6.07, 6.45) is 0. The third-order valence-electron chi connectivity index (χ3n) is 0.892. The third-order valence-corrected chi connectivity index (χ3v) is 0.892. The van der Waals surface area contributed by atoms with Gasteiger partial charge >= 0.3 is 18.9 Å². The third kappa shape index (κ3) is 2.24. The molecular weight excluding hydrogens is 155 g/mol.